The fourth-order valence-electron chi connectivity index (χ4n) is 3.32. The van der Waals surface area contributed by atoms with Crippen LogP contribution in [0, 0.1) is 5.82 Å². The largest absolute Gasteiger partial charge is 0.318 e. The Balaban J connectivity index is 2.16. The fraction of sp³-hybridized carbons (Fsp3) is 0.174. The number of pyridine rings is 1. The lowest BCUT2D eigenvalue weighted by molar-refractivity contribution is 0.609. The van der Waals surface area contributed by atoms with Crippen molar-refractivity contribution in [1.82, 2.24) is 4.57 Å². The molecule has 0 spiro atoms. The first-order chi connectivity index (χ1) is 14.6. The monoisotopic (exact) mass is 460 g/mol. The number of rotatable bonds is 7. The van der Waals surface area contributed by atoms with Gasteiger partial charge in [0.25, 0.3) is 15.6 Å². The summed E-state index contributed by atoms with van der Waals surface area (Å²) in [6, 6.07) is 11.5. The van der Waals surface area contributed by atoms with E-state index in [1.54, 1.807) is 43.6 Å². The highest BCUT2D eigenvalue weighted by molar-refractivity contribution is 7.95. The molecule has 0 amide bonds. The Labute approximate surface area is 185 Å². The molecule has 0 radical (unpaired) electrons. The van der Waals surface area contributed by atoms with E-state index in [4.69, 9.17) is 11.6 Å². The summed E-state index contributed by atoms with van der Waals surface area (Å²) in [5.41, 5.74) is 3.93. The Morgan fingerprint density at radius 1 is 1.16 bits per heavy atom. The third-order valence-corrected chi connectivity index (χ3v) is 6.18. The molecule has 3 rings (SSSR count). The van der Waals surface area contributed by atoms with Crippen LogP contribution in [-0.4, -0.2) is 13.0 Å². The summed E-state index contributed by atoms with van der Waals surface area (Å²) >= 11 is 5.79. The van der Waals surface area contributed by atoms with Gasteiger partial charge in [0.15, 0.2) is 0 Å². The van der Waals surface area contributed by atoms with E-state index >= 15 is 0 Å². The Morgan fingerprint density at radius 2 is 1.90 bits per heavy atom. The summed E-state index contributed by atoms with van der Waals surface area (Å²) in [4.78, 5) is 12.3. The van der Waals surface area contributed by atoms with Crippen LogP contribution in [0.5, 0.6) is 0 Å². The highest BCUT2D eigenvalue weighted by atomic mass is 35.5. The molecule has 3 aromatic rings. The molecule has 2 aromatic carbocycles. The van der Waals surface area contributed by atoms with Crippen molar-refractivity contribution >= 4 is 27.3 Å². The maximum atomic E-state index is 13.9. The number of hydrogen-bond donors (Lipinski definition) is 1. The number of sulfonamides is 1. The summed E-state index contributed by atoms with van der Waals surface area (Å²) in [6.45, 7) is 5.20. The van der Waals surface area contributed by atoms with Crippen molar-refractivity contribution < 1.29 is 12.8 Å². The van der Waals surface area contributed by atoms with Gasteiger partial charge in [-0.25, -0.2) is 12.8 Å². The van der Waals surface area contributed by atoms with E-state index in [1.807, 2.05) is 6.92 Å². The van der Waals surface area contributed by atoms with Crippen LogP contribution < -0.4 is 10.3 Å². The lowest BCUT2D eigenvalue weighted by Crippen LogP contribution is -2.20. The normalized spacial score (nSPS) is 11.4. The van der Waals surface area contributed by atoms with E-state index in [0.29, 0.717) is 29.7 Å². The number of anilines is 1. The Kier molecular flexibility index (Phi) is 6.67. The molecule has 0 fully saturated rings. The van der Waals surface area contributed by atoms with Gasteiger partial charge in [0.1, 0.15) is 5.82 Å². The Hall–Kier alpha value is -2.90. The van der Waals surface area contributed by atoms with E-state index in [-0.39, 0.29) is 10.6 Å². The van der Waals surface area contributed by atoms with Crippen molar-refractivity contribution in [3.63, 3.8) is 0 Å². The standard InChI is InChI=1S/C23H22ClFN2O3S/c1-4-16-12-18(14-27(3)23(16)28)20-13-19(26-31(29,30)5-2)8-7-17(20)10-15-6-9-21(24)22(25)11-15/h5-9,11-14,26H,2,4,10H2,1,3H3. The molecule has 5 nitrogen and oxygen atoms in total. The highest BCUT2D eigenvalue weighted by Crippen LogP contribution is 2.30. The van der Waals surface area contributed by atoms with Gasteiger partial charge in [-0.2, -0.15) is 0 Å². The first-order valence-electron chi connectivity index (χ1n) is 9.55. The van der Waals surface area contributed by atoms with Crippen LogP contribution in [0.25, 0.3) is 11.1 Å². The molecule has 0 unspecified atom stereocenters. The molecule has 0 saturated heterocycles. The summed E-state index contributed by atoms with van der Waals surface area (Å²) in [7, 11) is -2.02. The second kappa shape index (κ2) is 9.08. The first kappa shape index (κ1) is 22.8. The average molecular weight is 461 g/mol. The lowest BCUT2D eigenvalue weighted by Gasteiger charge is -2.15. The molecular weight excluding hydrogens is 439 g/mol. The van der Waals surface area contributed by atoms with E-state index in [2.05, 4.69) is 11.3 Å². The van der Waals surface area contributed by atoms with E-state index < -0.39 is 15.8 Å². The molecule has 0 aliphatic rings. The van der Waals surface area contributed by atoms with Crippen molar-refractivity contribution in [2.24, 2.45) is 7.05 Å². The second-order valence-corrected chi connectivity index (χ2v) is 9.17. The van der Waals surface area contributed by atoms with Crippen molar-refractivity contribution in [2.45, 2.75) is 19.8 Å². The van der Waals surface area contributed by atoms with E-state index in [0.717, 1.165) is 22.1 Å². The topological polar surface area (TPSA) is 68.2 Å². The second-order valence-electron chi connectivity index (χ2n) is 7.13. The van der Waals surface area contributed by atoms with Crippen LogP contribution in [0.15, 0.2) is 65.4 Å². The van der Waals surface area contributed by atoms with E-state index in [9.17, 15) is 17.6 Å². The third-order valence-electron chi connectivity index (χ3n) is 4.92. The first-order valence-corrected chi connectivity index (χ1v) is 11.5. The molecule has 0 atom stereocenters. The maximum Gasteiger partial charge on any atom is 0.254 e. The SMILES string of the molecule is C=CS(=O)(=O)Nc1ccc(Cc2ccc(Cl)c(F)c2)c(-c2cc(CC)c(=O)n(C)c2)c1. The Morgan fingerprint density at radius 3 is 2.55 bits per heavy atom. The molecule has 0 aliphatic heterocycles. The molecule has 8 heteroatoms. The van der Waals surface area contributed by atoms with E-state index in [1.165, 1.54) is 16.7 Å². The van der Waals surface area contributed by atoms with Crippen LogP contribution in [0.2, 0.25) is 5.02 Å². The molecule has 31 heavy (non-hydrogen) atoms. The molecule has 0 bridgehead atoms. The average Bonchev–Trinajstić information content (AvgIpc) is 2.73. The van der Waals surface area contributed by atoms with Gasteiger partial charge in [0, 0.05) is 29.9 Å². The lowest BCUT2D eigenvalue weighted by atomic mass is 9.94. The van der Waals surface area contributed by atoms with Gasteiger partial charge < -0.3 is 4.57 Å². The number of aromatic nitrogens is 1. The molecular formula is C23H22ClFN2O3S. The van der Waals surface area contributed by atoms with Gasteiger partial charge in [0.05, 0.1) is 5.02 Å². The smallest absolute Gasteiger partial charge is 0.254 e. The molecule has 0 saturated carbocycles. The molecule has 1 aromatic heterocycles. The van der Waals surface area contributed by atoms with Crippen molar-refractivity contribution in [3.05, 3.63) is 98.5 Å². The molecule has 0 aliphatic carbocycles. The Bertz CT molecular complexity index is 1320. The predicted molar refractivity (Wildman–Crippen MR) is 123 cm³/mol. The minimum atomic E-state index is -3.69. The zero-order chi connectivity index (χ0) is 22.8. The van der Waals surface area contributed by atoms with Gasteiger partial charge in [0.2, 0.25) is 0 Å². The maximum absolute atomic E-state index is 13.9. The van der Waals surface area contributed by atoms with Crippen LogP contribution in [0.1, 0.15) is 23.6 Å². The number of benzene rings is 2. The van der Waals surface area contributed by atoms with Crippen LogP contribution in [0.3, 0.4) is 0 Å². The zero-order valence-corrected chi connectivity index (χ0v) is 18.7. The third kappa shape index (κ3) is 5.24. The number of nitrogens with one attached hydrogen (secondary N) is 1. The summed E-state index contributed by atoms with van der Waals surface area (Å²) in [5.74, 6) is -0.508. The van der Waals surface area contributed by atoms with Gasteiger partial charge >= 0.3 is 0 Å². The fourth-order valence-corrected chi connectivity index (χ4v) is 3.98. The van der Waals surface area contributed by atoms with Crippen molar-refractivity contribution in [1.29, 1.82) is 0 Å². The van der Waals surface area contributed by atoms with Crippen molar-refractivity contribution in [2.75, 3.05) is 4.72 Å². The predicted octanol–water partition coefficient (Wildman–Crippen LogP) is 4.88. The molecule has 1 N–H and O–H groups in total. The molecule has 162 valence electrons. The molecule has 1 heterocycles. The van der Waals surface area contributed by atoms with Gasteiger partial charge in [-0.05, 0) is 65.4 Å². The summed E-state index contributed by atoms with van der Waals surface area (Å²) in [5, 5.41) is 0.877. The number of nitrogens with zero attached hydrogens (tertiary/aromatic N) is 1. The minimum Gasteiger partial charge on any atom is -0.318 e. The number of aryl methyl sites for hydroxylation is 2. The minimum absolute atomic E-state index is 0.0452. The highest BCUT2D eigenvalue weighted by Gasteiger charge is 2.14. The van der Waals surface area contributed by atoms with Gasteiger partial charge in [-0.1, -0.05) is 37.2 Å². The number of hydrogen-bond acceptors (Lipinski definition) is 3. The quantitative estimate of drug-likeness (QED) is 0.546. The zero-order valence-electron chi connectivity index (χ0n) is 17.2. The summed E-state index contributed by atoms with van der Waals surface area (Å²) < 4.78 is 41.7. The van der Waals surface area contributed by atoms with Gasteiger partial charge in [-0.3, -0.25) is 9.52 Å². The van der Waals surface area contributed by atoms with Crippen LogP contribution in [-0.2, 0) is 29.9 Å². The van der Waals surface area contributed by atoms with Crippen LogP contribution >= 0.6 is 11.6 Å². The number of halogens is 2. The van der Waals surface area contributed by atoms with Gasteiger partial charge in [-0.15, -0.1) is 0 Å². The van der Waals surface area contributed by atoms with Crippen LogP contribution in [0.4, 0.5) is 10.1 Å². The summed E-state index contributed by atoms with van der Waals surface area (Å²) in [6.07, 6.45) is 2.65. The van der Waals surface area contributed by atoms with Crippen molar-refractivity contribution in [3.8, 4) is 11.1 Å².